The van der Waals surface area contributed by atoms with Gasteiger partial charge in [-0.25, -0.2) is 4.79 Å². The van der Waals surface area contributed by atoms with Gasteiger partial charge in [-0.2, -0.15) is 0 Å². The third-order valence-corrected chi connectivity index (χ3v) is 4.23. The van der Waals surface area contributed by atoms with Crippen LogP contribution in [0.5, 0.6) is 5.75 Å². The molecule has 0 heterocycles. The normalized spacial score (nSPS) is 12.6. The third kappa shape index (κ3) is 5.36. The first-order valence-electron chi connectivity index (χ1n) is 8.45. The maximum absolute atomic E-state index is 11.4. The number of hydrogen-bond donors (Lipinski definition) is 2. The molecule has 0 spiro atoms. The minimum atomic E-state index is -1.05. The first kappa shape index (κ1) is 18.5. The van der Waals surface area contributed by atoms with E-state index in [9.17, 15) is 15.0 Å². The summed E-state index contributed by atoms with van der Waals surface area (Å²) in [5.41, 5.74) is 1.85. The summed E-state index contributed by atoms with van der Waals surface area (Å²) in [6.07, 6.45) is 6.10. The van der Waals surface area contributed by atoms with Crippen LogP contribution in [-0.2, 0) is 6.42 Å². The summed E-state index contributed by atoms with van der Waals surface area (Å²) in [7, 11) is 0. The number of phenols is 1. The van der Waals surface area contributed by atoms with Crippen molar-refractivity contribution >= 4 is 5.97 Å². The number of aromatic carboxylic acids is 1. The predicted molar refractivity (Wildman–Crippen MR) is 90.8 cm³/mol. The van der Waals surface area contributed by atoms with Crippen LogP contribution in [0.3, 0.4) is 0 Å². The van der Waals surface area contributed by atoms with Crippen LogP contribution in [0.2, 0.25) is 0 Å². The zero-order chi connectivity index (χ0) is 16.7. The second-order valence-corrected chi connectivity index (χ2v) is 6.71. The average molecular weight is 306 g/mol. The van der Waals surface area contributed by atoms with Gasteiger partial charge < -0.3 is 10.2 Å². The number of rotatable bonds is 9. The van der Waals surface area contributed by atoms with Gasteiger partial charge >= 0.3 is 5.97 Å². The van der Waals surface area contributed by atoms with Crippen molar-refractivity contribution in [2.24, 2.45) is 5.92 Å². The van der Waals surface area contributed by atoms with Gasteiger partial charge in [0.25, 0.3) is 0 Å². The molecule has 0 aliphatic rings. The monoisotopic (exact) mass is 306 g/mol. The van der Waals surface area contributed by atoms with Gasteiger partial charge in [-0.1, -0.05) is 53.0 Å². The first-order chi connectivity index (χ1) is 10.4. The smallest absolute Gasteiger partial charge is 0.339 e. The van der Waals surface area contributed by atoms with Crippen LogP contribution in [0.4, 0.5) is 0 Å². The lowest BCUT2D eigenvalue weighted by molar-refractivity contribution is 0.0693. The van der Waals surface area contributed by atoms with Crippen LogP contribution in [0, 0.1) is 5.92 Å². The van der Waals surface area contributed by atoms with Crippen LogP contribution in [0.1, 0.15) is 87.2 Å². The second-order valence-electron chi connectivity index (χ2n) is 6.71. The molecule has 0 saturated heterocycles. The Hall–Kier alpha value is -1.51. The standard InChI is InChI=1S/C19H30O3/c1-5-6-9-14(4)16-11-15(10-7-8-13(2)3)18(20)17(12-16)19(21)22/h11-14,20H,5-10H2,1-4H3,(H,21,22). The van der Waals surface area contributed by atoms with Gasteiger partial charge in [-0.05, 0) is 48.3 Å². The molecule has 1 unspecified atom stereocenters. The highest BCUT2D eigenvalue weighted by molar-refractivity contribution is 5.91. The topological polar surface area (TPSA) is 57.5 Å². The highest BCUT2D eigenvalue weighted by Gasteiger charge is 2.18. The van der Waals surface area contributed by atoms with Crippen molar-refractivity contribution in [2.45, 2.75) is 72.1 Å². The zero-order valence-corrected chi connectivity index (χ0v) is 14.4. The molecule has 0 radical (unpaired) electrons. The molecule has 0 bridgehead atoms. The van der Waals surface area contributed by atoms with E-state index in [2.05, 4.69) is 27.7 Å². The first-order valence-corrected chi connectivity index (χ1v) is 8.45. The maximum atomic E-state index is 11.4. The van der Waals surface area contributed by atoms with E-state index in [0.29, 0.717) is 11.8 Å². The van der Waals surface area contributed by atoms with Gasteiger partial charge in [0.15, 0.2) is 0 Å². The molecule has 2 N–H and O–H groups in total. The van der Waals surface area contributed by atoms with Crippen LogP contribution in [0.15, 0.2) is 12.1 Å². The Morgan fingerprint density at radius 2 is 1.82 bits per heavy atom. The fourth-order valence-electron chi connectivity index (χ4n) is 2.74. The Bertz CT molecular complexity index is 492. The number of aromatic hydroxyl groups is 1. The number of hydrogen-bond acceptors (Lipinski definition) is 2. The summed E-state index contributed by atoms with van der Waals surface area (Å²) in [4.78, 5) is 11.4. The molecule has 0 saturated carbocycles. The van der Waals surface area contributed by atoms with Crippen molar-refractivity contribution in [2.75, 3.05) is 0 Å². The molecule has 1 atom stereocenters. The van der Waals surface area contributed by atoms with E-state index in [1.807, 2.05) is 6.07 Å². The summed E-state index contributed by atoms with van der Waals surface area (Å²) in [6, 6.07) is 3.65. The third-order valence-electron chi connectivity index (χ3n) is 4.23. The minimum absolute atomic E-state index is 0.0420. The molecular formula is C19H30O3. The van der Waals surface area contributed by atoms with Crippen molar-refractivity contribution in [3.63, 3.8) is 0 Å². The fraction of sp³-hybridized carbons (Fsp3) is 0.632. The van der Waals surface area contributed by atoms with Crippen molar-refractivity contribution in [1.82, 2.24) is 0 Å². The van der Waals surface area contributed by atoms with Crippen molar-refractivity contribution in [1.29, 1.82) is 0 Å². The summed E-state index contributed by atoms with van der Waals surface area (Å²) in [6.45, 7) is 8.63. The molecule has 3 nitrogen and oxygen atoms in total. The van der Waals surface area contributed by atoms with E-state index < -0.39 is 5.97 Å². The van der Waals surface area contributed by atoms with E-state index in [0.717, 1.165) is 49.7 Å². The number of carbonyl (C=O) groups is 1. The van der Waals surface area contributed by atoms with Crippen molar-refractivity contribution < 1.29 is 15.0 Å². The van der Waals surface area contributed by atoms with E-state index >= 15 is 0 Å². The van der Waals surface area contributed by atoms with Crippen molar-refractivity contribution in [3.05, 3.63) is 28.8 Å². The van der Waals surface area contributed by atoms with E-state index in [1.54, 1.807) is 6.07 Å². The summed E-state index contributed by atoms with van der Waals surface area (Å²) in [5, 5.41) is 19.6. The molecule has 0 amide bonds. The van der Waals surface area contributed by atoms with Gasteiger partial charge in [0, 0.05) is 0 Å². The largest absolute Gasteiger partial charge is 0.507 e. The molecule has 0 aliphatic heterocycles. The van der Waals surface area contributed by atoms with Crippen LogP contribution >= 0.6 is 0 Å². The molecule has 0 fully saturated rings. The summed E-state index contributed by atoms with van der Waals surface area (Å²) >= 11 is 0. The number of benzene rings is 1. The quantitative estimate of drug-likeness (QED) is 0.645. The molecular weight excluding hydrogens is 276 g/mol. The number of unbranched alkanes of at least 4 members (excludes halogenated alkanes) is 1. The van der Waals surface area contributed by atoms with Crippen LogP contribution < -0.4 is 0 Å². The molecule has 1 rings (SSSR count). The number of carboxylic acid groups (broad SMARTS) is 1. The van der Waals surface area contributed by atoms with E-state index in [4.69, 9.17) is 0 Å². The SMILES string of the molecule is CCCCC(C)c1cc(CCCC(C)C)c(O)c(C(=O)O)c1. The number of carboxylic acids is 1. The molecule has 0 aromatic heterocycles. The molecule has 1 aromatic rings. The number of aryl methyl sites for hydroxylation is 1. The average Bonchev–Trinajstić information content (AvgIpc) is 2.45. The van der Waals surface area contributed by atoms with Crippen molar-refractivity contribution in [3.8, 4) is 5.75 Å². The second kappa shape index (κ2) is 8.82. The lowest BCUT2D eigenvalue weighted by atomic mass is 9.90. The Morgan fingerprint density at radius 3 is 2.36 bits per heavy atom. The van der Waals surface area contributed by atoms with E-state index in [1.165, 1.54) is 0 Å². The fourth-order valence-corrected chi connectivity index (χ4v) is 2.74. The lowest BCUT2D eigenvalue weighted by Gasteiger charge is -2.16. The minimum Gasteiger partial charge on any atom is -0.507 e. The Labute approximate surface area is 134 Å². The summed E-state index contributed by atoms with van der Waals surface area (Å²) in [5.74, 6) is -0.162. The Balaban J connectivity index is 3.02. The maximum Gasteiger partial charge on any atom is 0.339 e. The highest BCUT2D eigenvalue weighted by Crippen LogP contribution is 2.31. The zero-order valence-electron chi connectivity index (χ0n) is 14.4. The summed E-state index contributed by atoms with van der Waals surface area (Å²) < 4.78 is 0. The predicted octanol–water partition coefficient (Wildman–Crippen LogP) is 5.36. The Morgan fingerprint density at radius 1 is 1.14 bits per heavy atom. The molecule has 1 aromatic carbocycles. The van der Waals surface area contributed by atoms with Gasteiger partial charge in [0.1, 0.15) is 11.3 Å². The lowest BCUT2D eigenvalue weighted by Crippen LogP contribution is -2.04. The highest BCUT2D eigenvalue weighted by atomic mass is 16.4. The molecule has 124 valence electrons. The van der Waals surface area contributed by atoms with Crippen LogP contribution in [0.25, 0.3) is 0 Å². The Kier molecular flexibility index (Phi) is 7.43. The molecule has 3 heteroatoms. The van der Waals surface area contributed by atoms with Gasteiger partial charge in [-0.15, -0.1) is 0 Å². The van der Waals surface area contributed by atoms with Gasteiger partial charge in [0.05, 0.1) is 0 Å². The molecule has 22 heavy (non-hydrogen) atoms. The van der Waals surface area contributed by atoms with Crippen LogP contribution in [-0.4, -0.2) is 16.2 Å². The van der Waals surface area contributed by atoms with E-state index in [-0.39, 0.29) is 11.3 Å². The molecule has 0 aliphatic carbocycles. The van der Waals surface area contributed by atoms with Gasteiger partial charge in [-0.3, -0.25) is 0 Å². The van der Waals surface area contributed by atoms with Gasteiger partial charge in [0.2, 0.25) is 0 Å².